The van der Waals surface area contributed by atoms with Gasteiger partial charge in [-0.05, 0) is 0 Å². The average molecular weight is 519 g/mol. The Balaban J connectivity index is 1.87. The molecule has 2 nitrogen and oxygen atoms in total. The van der Waals surface area contributed by atoms with Gasteiger partial charge in [0.1, 0.15) is 0 Å². The first-order chi connectivity index (χ1) is 15.7. The minimum atomic E-state index is -2.34. The Labute approximate surface area is 201 Å². The fourth-order valence-electron chi connectivity index (χ4n) is 4.03. The molecule has 5 rings (SSSR count). The molecule has 5 heteroatoms. The topological polar surface area (TPSA) is 26.0 Å². The molecule has 0 aliphatic carbocycles. The van der Waals surface area contributed by atoms with Crippen LogP contribution in [-0.4, -0.2) is 21.0 Å². The molecule has 0 unspecified atom stereocenters. The zero-order chi connectivity index (χ0) is 22.0. The van der Waals surface area contributed by atoms with E-state index in [2.05, 4.69) is 88.8 Å². The maximum atomic E-state index is 6.48. The molecule has 0 N–H and O–H groups in total. The number of halogens is 1. The summed E-state index contributed by atoms with van der Waals surface area (Å²) in [6, 6.07) is 39.5. The summed E-state index contributed by atoms with van der Waals surface area (Å²) in [6.45, 7) is 0. The molecule has 1 aromatic heterocycles. The molecule has 4 aromatic carbocycles. The maximum absolute atomic E-state index is 6.48. The molecule has 0 aliphatic heterocycles. The molecular weight excluding hydrogens is 500 g/mol. The van der Waals surface area contributed by atoms with Crippen molar-refractivity contribution in [3.63, 3.8) is 0 Å². The third-order valence-electron chi connectivity index (χ3n) is 5.43. The molecular formula is C27H19ClNOPSe+. The molecule has 0 atom stereocenters. The van der Waals surface area contributed by atoms with E-state index in [1.54, 1.807) is 0 Å². The Morgan fingerprint density at radius 3 is 1.53 bits per heavy atom. The Morgan fingerprint density at radius 2 is 1.06 bits per heavy atom. The van der Waals surface area contributed by atoms with Gasteiger partial charge in [-0.15, -0.1) is 0 Å². The Hall–Kier alpha value is -2.67. The fourth-order valence-corrected chi connectivity index (χ4v) is 9.42. The molecule has 155 valence electrons. The summed E-state index contributed by atoms with van der Waals surface area (Å²) in [6.07, 6.45) is 0. The van der Waals surface area contributed by atoms with Gasteiger partial charge in [-0.25, -0.2) is 0 Å². The van der Waals surface area contributed by atoms with Crippen LogP contribution >= 0.6 is 18.9 Å². The van der Waals surface area contributed by atoms with Gasteiger partial charge in [-0.1, -0.05) is 0 Å². The van der Waals surface area contributed by atoms with Gasteiger partial charge in [0.25, 0.3) is 0 Å². The molecule has 0 saturated carbocycles. The summed E-state index contributed by atoms with van der Waals surface area (Å²) in [7, 11) is -2.34. The van der Waals surface area contributed by atoms with E-state index in [-0.39, 0.29) is 0 Å². The first-order valence-corrected chi connectivity index (χ1v) is 13.2. The van der Waals surface area contributed by atoms with Gasteiger partial charge >= 0.3 is 202 Å². The summed E-state index contributed by atoms with van der Waals surface area (Å²) in [4.78, 5) is 5.11. The Kier molecular flexibility index (Phi) is 6.00. The first kappa shape index (κ1) is 21.2. The molecule has 1 radical (unpaired) electrons. The van der Waals surface area contributed by atoms with E-state index in [4.69, 9.17) is 21.0 Å². The summed E-state index contributed by atoms with van der Waals surface area (Å²) in [5.41, 5.74) is 1.69. The summed E-state index contributed by atoms with van der Waals surface area (Å²) >= 11 is 9.63. The van der Waals surface area contributed by atoms with Crippen LogP contribution in [-0.2, 0) is 0 Å². The SMILES string of the molecule is Clc1ccccc1-c1nc([P+](c2ccccc2)(c2ccccc2)c2ccccc2)c([Se])o1. The summed E-state index contributed by atoms with van der Waals surface area (Å²) in [5, 5.41) is 4.26. The van der Waals surface area contributed by atoms with Gasteiger partial charge in [0.2, 0.25) is 0 Å². The molecule has 1 heterocycles. The number of hydrogen-bond donors (Lipinski definition) is 0. The molecule has 0 aliphatic rings. The molecule has 0 amide bonds. The summed E-state index contributed by atoms with van der Waals surface area (Å²) in [5.74, 6) is 0.520. The van der Waals surface area contributed by atoms with E-state index in [1.165, 1.54) is 15.9 Å². The van der Waals surface area contributed by atoms with Crippen LogP contribution in [0.25, 0.3) is 11.5 Å². The second kappa shape index (κ2) is 9.06. The van der Waals surface area contributed by atoms with Crippen molar-refractivity contribution in [2.24, 2.45) is 0 Å². The number of hydrogen-bond acceptors (Lipinski definition) is 2. The van der Waals surface area contributed by atoms with E-state index in [0.717, 1.165) is 11.0 Å². The van der Waals surface area contributed by atoms with Gasteiger partial charge in [-0.3, -0.25) is 0 Å². The van der Waals surface area contributed by atoms with Crippen LogP contribution in [0.2, 0.25) is 5.02 Å². The van der Waals surface area contributed by atoms with Crippen molar-refractivity contribution in [2.75, 3.05) is 0 Å². The number of aromatic nitrogens is 1. The number of rotatable bonds is 5. The van der Waals surface area contributed by atoms with Gasteiger partial charge in [-0.2, -0.15) is 0 Å². The second-order valence-electron chi connectivity index (χ2n) is 7.29. The second-order valence-corrected chi connectivity index (χ2v) is 11.8. The van der Waals surface area contributed by atoms with E-state index in [1.807, 2.05) is 42.5 Å². The molecule has 32 heavy (non-hydrogen) atoms. The third-order valence-corrected chi connectivity index (χ3v) is 10.8. The molecule has 0 fully saturated rings. The predicted octanol–water partition coefficient (Wildman–Crippen LogP) is 4.41. The molecule has 0 bridgehead atoms. The van der Waals surface area contributed by atoms with Crippen LogP contribution in [0.4, 0.5) is 0 Å². The van der Waals surface area contributed by atoms with E-state index >= 15 is 0 Å². The van der Waals surface area contributed by atoms with Crippen molar-refractivity contribution >= 4 is 60.9 Å². The quantitative estimate of drug-likeness (QED) is 0.255. The zero-order valence-corrected chi connectivity index (χ0v) is 20.4. The molecule has 0 spiro atoms. The van der Waals surface area contributed by atoms with Crippen LogP contribution in [0, 0.1) is 0 Å². The van der Waals surface area contributed by atoms with Crippen molar-refractivity contribution in [1.82, 2.24) is 4.98 Å². The predicted molar refractivity (Wildman–Crippen MR) is 137 cm³/mol. The number of oxazole rings is 1. The van der Waals surface area contributed by atoms with Crippen LogP contribution in [0.15, 0.2) is 120 Å². The van der Waals surface area contributed by atoms with Gasteiger partial charge < -0.3 is 0 Å². The number of benzene rings is 4. The van der Waals surface area contributed by atoms with Crippen LogP contribution in [0.1, 0.15) is 0 Å². The third kappa shape index (κ3) is 3.62. The van der Waals surface area contributed by atoms with Gasteiger partial charge in [0.15, 0.2) is 0 Å². The Bertz CT molecular complexity index is 1240. The van der Waals surface area contributed by atoms with E-state index in [0.29, 0.717) is 15.6 Å². The van der Waals surface area contributed by atoms with Crippen molar-refractivity contribution < 1.29 is 4.42 Å². The van der Waals surface area contributed by atoms with E-state index < -0.39 is 7.26 Å². The van der Waals surface area contributed by atoms with Crippen molar-refractivity contribution in [3.05, 3.63) is 120 Å². The monoisotopic (exact) mass is 519 g/mol. The average Bonchev–Trinajstić information content (AvgIpc) is 3.23. The van der Waals surface area contributed by atoms with Gasteiger partial charge in [0.05, 0.1) is 0 Å². The zero-order valence-electron chi connectivity index (χ0n) is 17.1. The van der Waals surface area contributed by atoms with Crippen LogP contribution < -0.4 is 26.0 Å². The minimum absolute atomic E-state index is 0.520. The van der Waals surface area contributed by atoms with Crippen molar-refractivity contribution in [3.8, 4) is 11.5 Å². The van der Waals surface area contributed by atoms with Crippen molar-refractivity contribution in [2.45, 2.75) is 0 Å². The standard InChI is InChI=1S/C27H19ClNOPSe/c28-24-19-11-10-18-23(24)25-29-26(27(32)30-25)31(20-12-4-1-5-13-20,21-14-6-2-7-15-21)22-16-8-3-9-17-22/h1-19H/q+1. The van der Waals surface area contributed by atoms with Crippen LogP contribution in [0.5, 0.6) is 0 Å². The molecule has 5 aromatic rings. The van der Waals surface area contributed by atoms with E-state index in [9.17, 15) is 0 Å². The molecule has 0 saturated heterocycles. The fraction of sp³-hybridized carbons (Fsp3) is 0. The summed E-state index contributed by atoms with van der Waals surface area (Å²) < 4.78 is 6.91. The van der Waals surface area contributed by atoms with Gasteiger partial charge in [0, 0.05) is 0 Å². The van der Waals surface area contributed by atoms with Crippen LogP contribution in [0.3, 0.4) is 0 Å². The first-order valence-electron chi connectivity index (χ1n) is 10.2. The van der Waals surface area contributed by atoms with Crippen molar-refractivity contribution in [1.29, 1.82) is 0 Å². The Morgan fingerprint density at radius 1 is 0.625 bits per heavy atom. The normalized spacial score (nSPS) is 11.4. The number of nitrogens with zero attached hydrogens (tertiary/aromatic N) is 1.